The molecule has 2 rings (SSSR count). The fraction of sp³-hybridized carbons (Fsp3) is 0.625. The lowest BCUT2D eigenvalue weighted by Crippen LogP contribution is -2.28. The van der Waals surface area contributed by atoms with Gasteiger partial charge in [0.1, 0.15) is 11.5 Å². The lowest BCUT2D eigenvalue weighted by atomic mass is 10.1. The van der Waals surface area contributed by atoms with Gasteiger partial charge in [-0.15, -0.1) is 0 Å². The van der Waals surface area contributed by atoms with E-state index in [4.69, 9.17) is 18.9 Å². The second-order valence-electron chi connectivity index (χ2n) is 5.04. The summed E-state index contributed by atoms with van der Waals surface area (Å²) in [5.41, 5.74) is 1.08. The number of likely N-dealkylation sites (N-methyl/N-ethyl adjacent to an activating group) is 1. The van der Waals surface area contributed by atoms with Crippen LogP contribution >= 0.6 is 0 Å². The second-order valence-corrected chi connectivity index (χ2v) is 5.04. The van der Waals surface area contributed by atoms with Crippen molar-refractivity contribution in [3.8, 4) is 11.5 Å². The molecular formula is C16H25NO4. The highest BCUT2D eigenvalue weighted by Gasteiger charge is 2.21. The Morgan fingerprint density at radius 1 is 1.33 bits per heavy atom. The lowest BCUT2D eigenvalue weighted by Gasteiger charge is -2.22. The molecule has 0 aromatic heterocycles. The fourth-order valence-electron chi connectivity index (χ4n) is 2.49. The van der Waals surface area contributed by atoms with Crippen LogP contribution in [0.3, 0.4) is 0 Å². The van der Waals surface area contributed by atoms with Gasteiger partial charge >= 0.3 is 0 Å². The molecule has 0 amide bonds. The summed E-state index contributed by atoms with van der Waals surface area (Å²) in [6.07, 6.45) is 1.17. The van der Waals surface area contributed by atoms with Crippen LogP contribution in [0.25, 0.3) is 0 Å². The molecule has 1 saturated heterocycles. The van der Waals surface area contributed by atoms with Gasteiger partial charge in [-0.05, 0) is 25.1 Å². The largest absolute Gasteiger partial charge is 0.497 e. The fourth-order valence-corrected chi connectivity index (χ4v) is 2.49. The van der Waals surface area contributed by atoms with Crippen LogP contribution in [0.1, 0.15) is 24.9 Å². The summed E-state index contributed by atoms with van der Waals surface area (Å²) in [5.74, 6) is 1.60. The highest BCUT2D eigenvalue weighted by molar-refractivity contribution is 5.42. The third-order valence-electron chi connectivity index (χ3n) is 3.65. The summed E-state index contributed by atoms with van der Waals surface area (Å²) in [6.45, 7) is 5.04. The van der Waals surface area contributed by atoms with E-state index in [2.05, 4.69) is 12.2 Å². The molecule has 1 aliphatic rings. The van der Waals surface area contributed by atoms with E-state index in [0.717, 1.165) is 36.6 Å². The Morgan fingerprint density at radius 3 is 2.81 bits per heavy atom. The second kappa shape index (κ2) is 8.22. The first kappa shape index (κ1) is 16.1. The Bertz CT molecular complexity index is 432. The van der Waals surface area contributed by atoms with E-state index in [0.29, 0.717) is 13.2 Å². The molecule has 2 atom stereocenters. The van der Waals surface area contributed by atoms with Gasteiger partial charge in [0, 0.05) is 18.2 Å². The van der Waals surface area contributed by atoms with Crippen LogP contribution in [0.5, 0.6) is 11.5 Å². The number of hydrogen-bond acceptors (Lipinski definition) is 5. The summed E-state index contributed by atoms with van der Waals surface area (Å²) in [6, 6.07) is 5.97. The predicted octanol–water partition coefficient (Wildman–Crippen LogP) is 2.16. The van der Waals surface area contributed by atoms with Crippen molar-refractivity contribution in [1.82, 2.24) is 5.32 Å². The van der Waals surface area contributed by atoms with Gasteiger partial charge in [0.15, 0.2) is 0 Å². The van der Waals surface area contributed by atoms with Crippen LogP contribution in [0.4, 0.5) is 0 Å². The van der Waals surface area contributed by atoms with Crippen LogP contribution in [0, 0.1) is 0 Å². The molecule has 0 aliphatic carbocycles. The minimum Gasteiger partial charge on any atom is -0.497 e. The first-order valence-corrected chi connectivity index (χ1v) is 7.43. The zero-order valence-electron chi connectivity index (χ0n) is 13.1. The first-order chi connectivity index (χ1) is 10.3. The minimum atomic E-state index is 0.0939. The summed E-state index contributed by atoms with van der Waals surface area (Å²) < 4.78 is 22.0. The van der Waals surface area contributed by atoms with Crippen molar-refractivity contribution in [2.24, 2.45) is 0 Å². The molecule has 1 aromatic rings. The predicted molar refractivity (Wildman–Crippen MR) is 81.1 cm³/mol. The molecule has 118 valence electrons. The highest BCUT2D eigenvalue weighted by Crippen LogP contribution is 2.30. The van der Waals surface area contributed by atoms with E-state index >= 15 is 0 Å². The number of nitrogens with one attached hydrogen (secondary N) is 1. The Kier molecular flexibility index (Phi) is 6.29. The van der Waals surface area contributed by atoms with Gasteiger partial charge in [-0.1, -0.05) is 6.92 Å². The molecule has 1 aromatic carbocycles. The van der Waals surface area contributed by atoms with Gasteiger partial charge in [0.25, 0.3) is 0 Å². The quantitative estimate of drug-likeness (QED) is 0.796. The molecule has 0 spiro atoms. The molecule has 0 bridgehead atoms. The van der Waals surface area contributed by atoms with Gasteiger partial charge in [-0.2, -0.15) is 0 Å². The van der Waals surface area contributed by atoms with Crippen LogP contribution in [-0.4, -0.2) is 46.7 Å². The zero-order valence-corrected chi connectivity index (χ0v) is 13.1. The van der Waals surface area contributed by atoms with Gasteiger partial charge in [0.2, 0.25) is 0 Å². The maximum absolute atomic E-state index is 5.95. The first-order valence-electron chi connectivity index (χ1n) is 7.43. The van der Waals surface area contributed by atoms with Gasteiger partial charge in [-0.3, -0.25) is 0 Å². The molecule has 1 fully saturated rings. The van der Waals surface area contributed by atoms with Crippen molar-refractivity contribution < 1.29 is 18.9 Å². The maximum Gasteiger partial charge on any atom is 0.127 e. The molecule has 21 heavy (non-hydrogen) atoms. The van der Waals surface area contributed by atoms with Gasteiger partial charge in [0.05, 0.1) is 39.6 Å². The van der Waals surface area contributed by atoms with Crippen molar-refractivity contribution in [2.45, 2.75) is 25.5 Å². The topological polar surface area (TPSA) is 49.0 Å². The lowest BCUT2D eigenvalue weighted by molar-refractivity contribution is 0.0296. The highest BCUT2D eigenvalue weighted by atomic mass is 16.5. The van der Waals surface area contributed by atoms with Crippen LogP contribution < -0.4 is 14.8 Å². The van der Waals surface area contributed by atoms with E-state index in [9.17, 15) is 0 Å². The molecule has 1 N–H and O–H groups in total. The van der Waals surface area contributed by atoms with E-state index in [1.807, 2.05) is 18.2 Å². The van der Waals surface area contributed by atoms with E-state index in [1.165, 1.54) is 0 Å². The summed E-state index contributed by atoms with van der Waals surface area (Å²) >= 11 is 0. The summed E-state index contributed by atoms with van der Waals surface area (Å²) in [7, 11) is 3.33. The monoisotopic (exact) mass is 295 g/mol. The van der Waals surface area contributed by atoms with Crippen molar-refractivity contribution in [3.63, 3.8) is 0 Å². The molecule has 2 unspecified atom stereocenters. The molecule has 5 nitrogen and oxygen atoms in total. The Morgan fingerprint density at radius 2 is 2.19 bits per heavy atom. The number of benzene rings is 1. The van der Waals surface area contributed by atoms with Gasteiger partial charge < -0.3 is 24.3 Å². The van der Waals surface area contributed by atoms with Crippen LogP contribution in [-0.2, 0) is 9.47 Å². The molecule has 1 aliphatic heterocycles. The average molecular weight is 295 g/mol. The smallest absolute Gasteiger partial charge is 0.127 e. The van der Waals surface area contributed by atoms with Crippen molar-refractivity contribution in [2.75, 3.05) is 40.6 Å². The zero-order chi connectivity index (χ0) is 15.1. The van der Waals surface area contributed by atoms with Crippen LogP contribution in [0.2, 0.25) is 0 Å². The summed E-state index contributed by atoms with van der Waals surface area (Å²) in [4.78, 5) is 0. The van der Waals surface area contributed by atoms with Crippen molar-refractivity contribution >= 4 is 0 Å². The SMILES string of the molecule is CCNC(COC1CCOC1)c1ccc(OC)cc1OC. The third-order valence-corrected chi connectivity index (χ3v) is 3.65. The Hall–Kier alpha value is -1.30. The molecule has 1 heterocycles. The third kappa shape index (κ3) is 4.33. The molecule has 0 radical (unpaired) electrons. The number of ether oxygens (including phenoxy) is 4. The molecule has 5 heteroatoms. The van der Waals surface area contributed by atoms with Crippen molar-refractivity contribution in [1.29, 1.82) is 0 Å². The number of methoxy groups -OCH3 is 2. The maximum atomic E-state index is 5.95. The normalized spacial score (nSPS) is 19.5. The van der Waals surface area contributed by atoms with E-state index in [-0.39, 0.29) is 12.1 Å². The number of rotatable bonds is 8. The van der Waals surface area contributed by atoms with E-state index < -0.39 is 0 Å². The minimum absolute atomic E-state index is 0.0939. The Labute approximate surface area is 126 Å². The molecular weight excluding hydrogens is 270 g/mol. The van der Waals surface area contributed by atoms with E-state index in [1.54, 1.807) is 14.2 Å². The molecule has 0 saturated carbocycles. The summed E-state index contributed by atoms with van der Waals surface area (Å²) in [5, 5.41) is 3.45. The van der Waals surface area contributed by atoms with Crippen molar-refractivity contribution in [3.05, 3.63) is 23.8 Å². The number of hydrogen-bond donors (Lipinski definition) is 1. The van der Waals surface area contributed by atoms with Gasteiger partial charge in [-0.25, -0.2) is 0 Å². The average Bonchev–Trinajstić information content (AvgIpc) is 3.04. The van der Waals surface area contributed by atoms with Crippen LogP contribution in [0.15, 0.2) is 18.2 Å². The Balaban J connectivity index is 2.08. The standard InChI is InChI=1S/C16H25NO4/c1-4-17-15(11-21-13-7-8-20-10-13)14-6-5-12(18-2)9-16(14)19-3/h5-6,9,13,15,17H,4,7-8,10-11H2,1-3H3.